The smallest absolute Gasteiger partial charge is 0.268 e. The maximum Gasteiger partial charge on any atom is 0.268 e. The molecule has 0 aromatic carbocycles. The molecule has 0 aromatic rings. The molecule has 0 fully saturated rings. The van der Waals surface area contributed by atoms with E-state index in [9.17, 15) is 19.4 Å². The number of nitrogens with zero attached hydrogens (tertiary/aromatic N) is 1. The summed E-state index contributed by atoms with van der Waals surface area (Å²) < 4.78 is 23.5. The van der Waals surface area contributed by atoms with Gasteiger partial charge in [-0.25, -0.2) is 0 Å². The summed E-state index contributed by atoms with van der Waals surface area (Å²) in [5, 5.41) is 14.0. The third-order valence-corrected chi connectivity index (χ3v) is 17.2. The molecule has 0 rings (SSSR count). The first-order valence-corrected chi connectivity index (χ1v) is 36.0. The van der Waals surface area contributed by atoms with Crippen LogP contribution in [0.5, 0.6) is 0 Å². The van der Waals surface area contributed by atoms with Gasteiger partial charge in [0.25, 0.3) is 7.82 Å². The zero-order valence-corrected chi connectivity index (χ0v) is 53.6. The summed E-state index contributed by atoms with van der Waals surface area (Å²) >= 11 is 0. The fourth-order valence-corrected chi connectivity index (χ4v) is 11.6. The number of likely N-dealkylation sites (N-methyl/N-ethyl adjacent to an activating group) is 1. The van der Waals surface area contributed by atoms with E-state index in [1.54, 1.807) is 6.08 Å². The molecule has 0 radical (unpaired) electrons. The van der Waals surface area contributed by atoms with E-state index in [1.807, 2.05) is 27.2 Å². The Kier molecular flexibility index (Phi) is 59.3. The van der Waals surface area contributed by atoms with Gasteiger partial charge in [-0.15, -0.1) is 0 Å². The van der Waals surface area contributed by atoms with E-state index in [0.29, 0.717) is 17.4 Å². The van der Waals surface area contributed by atoms with E-state index in [2.05, 4.69) is 19.2 Å². The second-order valence-electron chi connectivity index (χ2n) is 25.3. The van der Waals surface area contributed by atoms with Crippen LogP contribution in [-0.2, 0) is 18.4 Å². The third kappa shape index (κ3) is 62.7. The first-order chi connectivity index (χ1) is 37.5. The molecule has 0 aliphatic heterocycles. The van der Waals surface area contributed by atoms with Crippen molar-refractivity contribution in [3.05, 3.63) is 12.2 Å². The molecule has 0 saturated carbocycles. The van der Waals surface area contributed by atoms with Gasteiger partial charge in [-0.3, -0.25) is 9.36 Å². The van der Waals surface area contributed by atoms with Crippen molar-refractivity contribution in [3.63, 3.8) is 0 Å². The summed E-state index contributed by atoms with van der Waals surface area (Å²) in [6.07, 6.45) is 76.2. The number of nitrogens with one attached hydrogen (secondary N) is 1. The average Bonchev–Trinajstić information content (AvgIpc) is 3.39. The van der Waals surface area contributed by atoms with Crippen LogP contribution in [0.25, 0.3) is 0 Å². The Morgan fingerprint density at radius 2 is 0.701 bits per heavy atom. The van der Waals surface area contributed by atoms with Crippen molar-refractivity contribution in [1.29, 1.82) is 0 Å². The Bertz CT molecular complexity index is 1260. The number of aliphatic hydroxyl groups is 1. The number of carbonyl (C=O) groups excluding carboxylic acids is 1. The number of aliphatic hydroxyl groups excluding tert-OH is 1. The number of unbranched alkanes of at least 4 members (excludes halogenated alkanes) is 52. The second kappa shape index (κ2) is 59.8. The van der Waals surface area contributed by atoms with E-state index < -0.39 is 20.0 Å². The molecule has 8 nitrogen and oxygen atoms in total. The standard InChI is InChI=1S/C68H137N2O6P/c1-6-8-10-12-14-16-18-20-22-24-26-28-30-32-34-36-38-40-42-44-46-48-50-52-54-56-58-60-62-68(72)69-66(65-76-77(73,74)75-64-63-70(3,4)5)67(71)61-59-57-55-53-51-49-47-45-43-41-39-37-35-33-31-29-27-25-23-21-19-17-15-13-11-9-7-2/h59,61,66-67,71H,6-58,60,62-65H2,1-5H3,(H-,69,72,73,74)/b61-59+. The average molecular weight is 1110 g/mol. The highest BCUT2D eigenvalue weighted by atomic mass is 31.2. The minimum atomic E-state index is -4.60. The van der Waals surface area contributed by atoms with Crippen LogP contribution in [0.3, 0.4) is 0 Å². The molecule has 1 amide bonds. The molecule has 0 saturated heterocycles. The number of amides is 1. The minimum Gasteiger partial charge on any atom is -0.756 e. The lowest BCUT2D eigenvalue weighted by Gasteiger charge is -2.29. The SMILES string of the molecule is CCCCCCCCCCCCCCCCCCCCCCCCCCC/C=C/C(O)C(COP(=O)([O-])OCC[N+](C)(C)C)NC(=O)CCCCCCCCCCCCCCCCCCCCCCCCCCCCCC. The number of allylic oxidation sites excluding steroid dienone is 1. The normalized spacial score (nSPS) is 13.7. The van der Waals surface area contributed by atoms with Crippen LogP contribution in [-0.4, -0.2) is 68.5 Å². The Labute approximate surface area is 482 Å². The predicted molar refractivity (Wildman–Crippen MR) is 335 cm³/mol. The highest BCUT2D eigenvalue weighted by Gasteiger charge is 2.23. The summed E-state index contributed by atoms with van der Waals surface area (Å²) in [6, 6.07) is -0.883. The van der Waals surface area contributed by atoms with Crippen LogP contribution >= 0.6 is 7.82 Å². The molecule has 0 aliphatic carbocycles. The van der Waals surface area contributed by atoms with Gasteiger partial charge in [-0.2, -0.15) is 0 Å². The second-order valence-corrected chi connectivity index (χ2v) is 26.7. The predicted octanol–water partition coefficient (Wildman–Crippen LogP) is 21.1. The number of carbonyl (C=O) groups is 1. The van der Waals surface area contributed by atoms with E-state index in [4.69, 9.17) is 9.05 Å². The molecule has 3 unspecified atom stereocenters. The Hall–Kier alpha value is -0.760. The largest absolute Gasteiger partial charge is 0.756 e. The Morgan fingerprint density at radius 3 is 0.974 bits per heavy atom. The number of phosphoric ester groups is 1. The molecule has 9 heteroatoms. The van der Waals surface area contributed by atoms with Gasteiger partial charge in [0, 0.05) is 6.42 Å². The fourth-order valence-electron chi connectivity index (χ4n) is 10.9. The maximum absolute atomic E-state index is 13.0. The van der Waals surface area contributed by atoms with Crippen molar-refractivity contribution in [2.24, 2.45) is 0 Å². The van der Waals surface area contributed by atoms with Crippen molar-refractivity contribution >= 4 is 13.7 Å². The van der Waals surface area contributed by atoms with Gasteiger partial charge in [0.15, 0.2) is 0 Å². The highest BCUT2D eigenvalue weighted by molar-refractivity contribution is 7.45. The molecule has 0 bridgehead atoms. The first kappa shape index (κ1) is 76.2. The fraction of sp³-hybridized carbons (Fsp3) is 0.956. The zero-order valence-electron chi connectivity index (χ0n) is 52.7. The molecular formula is C68H137N2O6P. The van der Waals surface area contributed by atoms with Gasteiger partial charge in [-0.05, 0) is 19.3 Å². The lowest BCUT2D eigenvalue weighted by Crippen LogP contribution is -2.45. The number of hydrogen-bond acceptors (Lipinski definition) is 6. The van der Waals surface area contributed by atoms with Crippen LogP contribution in [0.2, 0.25) is 0 Å². The van der Waals surface area contributed by atoms with Gasteiger partial charge >= 0.3 is 0 Å². The summed E-state index contributed by atoms with van der Waals surface area (Å²) in [7, 11) is 1.28. The highest BCUT2D eigenvalue weighted by Crippen LogP contribution is 2.38. The van der Waals surface area contributed by atoms with Crippen LogP contribution in [0.15, 0.2) is 12.2 Å². The number of phosphoric acid groups is 1. The molecular weight excluding hydrogens is 972 g/mol. The Balaban J connectivity index is 4.04. The van der Waals surface area contributed by atoms with Gasteiger partial charge in [0.2, 0.25) is 5.91 Å². The van der Waals surface area contributed by atoms with Crippen molar-refractivity contribution in [1.82, 2.24) is 5.32 Å². The first-order valence-electron chi connectivity index (χ1n) is 34.6. The quantitative estimate of drug-likeness (QED) is 0.0272. The van der Waals surface area contributed by atoms with Crippen LogP contribution in [0.4, 0.5) is 0 Å². The van der Waals surface area contributed by atoms with Gasteiger partial charge in [0.1, 0.15) is 13.2 Å². The molecule has 0 aliphatic rings. The summed E-state index contributed by atoms with van der Waals surface area (Å²) in [5.41, 5.74) is 0. The molecule has 0 aromatic heterocycles. The number of quaternary nitrogens is 1. The molecule has 2 N–H and O–H groups in total. The summed E-state index contributed by atoms with van der Waals surface area (Å²) in [4.78, 5) is 25.6. The topological polar surface area (TPSA) is 108 Å². The minimum absolute atomic E-state index is 0.00300. The Morgan fingerprint density at radius 1 is 0.442 bits per heavy atom. The van der Waals surface area contributed by atoms with Crippen LogP contribution < -0.4 is 10.2 Å². The summed E-state index contributed by atoms with van der Waals surface area (Å²) in [6.45, 7) is 4.72. The molecule has 3 atom stereocenters. The van der Waals surface area contributed by atoms with E-state index >= 15 is 0 Å². The lowest BCUT2D eigenvalue weighted by atomic mass is 10.0. The van der Waals surface area contributed by atoms with Crippen LogP contribution in [0, 0.1) is 0 Å². The lowest BCUT2D eigenvalue weighted by molar-refractivity contribution is -0.870. The van der Waals surface area contributed by atoms with Crippen molar-refractivity contribution in [2.75, 3.05) is 40.9 Å². The van der Waals surface area contributed by atoms with Crippen LogP contribution in [0.1, 0.15) is 367 Å². The van der Waals surface area contributed by atoms with E-state index in [1.165, 1.54) is 308 Å². The zero-order chi connectivity index (χ0) is 56.3. The molecule has 77 heavy (non-hydrogen) atoms. The molecule has 460 valence electrons. The van der Waals surface area contributed by atoms with Crippen molar-refractivity contribution in [2.45, 2.75) is 379 Å². The third-order valence-electron chi connectivity index (χ3n) is 16.2. The van der Waals surface area contributed by atoms with E-state index in [-0.39, 0.29) is 19.1 Å². The van der Waals surface area contributed by atoms with Crippen molar-refractivity contribution in [3.8, 4) is 0 Å². The number of hydrogen-bond donors (Lipinski definition) is 2. The number of rotatable bonds is 65. The van der Waals surface area contributed by atoms with Gasteiger partial charge in [0.05, 0.1) is 39.9 Å². The van der Waals surface area contributed by atoms with E-state index in [0.717, 1.165) is 38.5 Å². The van der Waals surface area contributed by atoms with Gasteiger partial charge < -0.3 is 28.8 Å². The van der Waals surface area contributed by atoms with Crippen molar-refractivity contribution < 1.29 is 32.9 Å². The maximum atomic E-state index is 13.0. The molecule has 0 spiro atoms. The van der Waals surface area contributed by atoms with Gasteiger partial charge in [-0.1, -0.05) is 353 Å². The monoisotopic (exact) mass is 1110 g/mol. The summed E-state index contributed by atoms with van der Waals surface area (Å²) in [5.74, 6) is -0.187. The molecule has 0 heterocycles.